The van der Waals surface area contributed by atoms with Crippen molar-refractivity contribution in [2.24, 2.45) is 0 Å². The van der Waals surface area contributed by atoms with Crippen molar-refractivity contribution < 1.29 is 0 Å². The minimum atomic E-state index is 1.12. The molecule has 9 aromatic carbocycles. The lowest BCUT2D eigenvalue weighted by Crippen LogP contribution is -2.09. The molecular formula is C56H41N3. The van der Waals surface area contributed by atoms with E-state index in [4.69, 9.17) is 0 Å². The number of aromatic nitrogens is 2. The Bertz CT molecular complexity index is 3250. The third-order valence-corrected chi connectivity index (χ3v) is 11.8. The molecular weight excluding hydrogens is 715 g/mol. The maximum atomic E-state index is 2.40. The highest BCUT2D eigenvalue weighted by molar-refractivity contribution is 6.13. The highest BCUT2D eigenvalue weighted by Crippen LogP contribution is 2.41. The number of anilines is 3. The number of fused-ring (bicyclic) bond motifs is 6. The zero-order valence-corrected chi connectivity index (χ0v) is 33.0. The SMILES string of the molecule is Cc1ccc(N(c2ccc(C)cc2)c2ccc(-c3ccc4c(c3)c3cc(-c5ccc6c(c5)c5ccccc5n6-c5ccccc5)ccc3n4-c3ccccc3)cc2)cc1. The van der Waals surface area contributed by atoms with Gasteiger partial charge in [-0.2, -0.15) is 0 Å². The molecule has 0 unspecified atom stereocenters. The van der Waals surface area contributed by atoms with Crippen molar-refractivity contribution in [3.05, 3.63) is 223 Å². The molecule has 2 heterocycles. The number of nitrogens with zero attached hydrogens (tertiary/aromatic N) is 3. The molecule has 11 rings (SSSR count). The van der Waals surface area contributed by atoms with Crippen LogP contribution in [-0.4, -0.2) is 9.13 Å². The normalized spacial score (nSPS) is 11.6. The van der Waals surface area contributed by atoms with Crippen LogP contribution in [0, 0.1) is 13.8 Å². The Kier molecular flexibility index (Phi) is 8.27. The number of hydrogen-bond donors (Lipinski definition) is 0. The Morgan fingerprint density at radius 1 is 0.288 bits per heavy atom. The Morgan fingerprint density at radius 2 is 0.627 bits per heavy atom. The van der Waals surface area contributed by atoms with Crippen LogP contribution in [-0.2, 0) is 0 Å². The molecule has 280 valence electrons. The van der Waals surface area contributed by atoms with Gasteiger partial charge in [-0.15, -0.1) is 0 Å². The van der Waals surface area contributed by atoms with Crippen LogP contribution in [0.1, 0.15) is 11.1 Å². The smallest absolute Gasteiger partial charge is 0.0541 e. The van der Waals surface area contributed by atoms with E-state index in [2.05, 4.69) is 240 Å². The number of aryl methyl sites for hydroxylation is 2. The molecule has 11 aromatic rings. The largest absolute Gasteiger partial charge is 0.311 e. The standard InChI is InChI=1S/C56H41N3/c1-38-17-26-46(27-18-38)57(47-28-19-39(2)20-29-47)48-30-21-40(22-31-48)41-23-32-55-51(35-41)52-37-43(25-34-56(52)59(55)45-13-7-4-8-14-45)42-24-33-54-50(36-42)49-15-9-10-16-53(49)58(54)44-11-5-3-6-12-44/h3-37H,1-2H3. The van der Waals surface area contributed by atoms with E-state index < -0.39 is 0 Å². The van der Waals surface area contributed by atoms with Crippen molar-refractivity contribution in [2.45, 2.75) is 13.8 Å². The van der Waals surface area contributed by atoms with Gasteiger partial charge in [0.2, 0.25) is 0 Å². The Labute approximate surface area is 344 Å². The molecule has 2 aromatic heterocycles. The van der Waals surface area contributed by atoms with Gasteiger partial charge in [-0.3, -0.25) is 0 Å². The van der Waals surface area contributed by atoms with Gasteiger partial charge in [0.25, 0.3) is 0 Å². The van der Waals surface area contributed by atoms with E-state index in [1.54, 1.807) is 0 Å². The molecule has 0 aliphatic heterocycles. The molecule has 0 atom stereocenters. The first-order valence-electron chi connectivity index (χ1n) is 20.3. The Balaban J connectivity index is 1.04. The molecule has 0 saturated heterocycles. The van der Waals surface area contributed by atoms with Gasteiger partial charge in [-0.05, 0) is 139 Å². The number of benzene rings is 9. The van der Waals surface area contributed by atoms with Gasteiger partial charge in [-0.1, -0.05) is 120 Å². The molecule has 0 fully saturated rings. The van der Waals surface area contributed by atoms with E-state index in [1.807, 2.05) is 0 Å². The summed E-state index contributed by atoms with van der Waals surface area (Å²) in [6, 6.07) is 77.5. The molecule has 0 spiro atoms. The number of hydrogen-bond acceptors (Lipinski definition) is 1. The maximum Gasteiger partial charge on any atom is 0.0541 e. The van der Waals surface area contributed by atoms with Crippen LogP contribution in [0.15, 0.2) is 212 Å². The van der Waals surface area contributed by atoms with Crippen LogP contribution in [0.4, 0.5) is 17.1 Å². The van der Waals surface area contributed by atoms with Gasteiger partial charge in [0, 0.05) is 50.0 Å². The average molecular weight is 756 g/mol. The second-order valence-electron chi connectivity index (χ2n) is 15.6. The molecule has 0 aliphatic carbocycles. The summed E-state index contributed by atoms with van der Waals surface area (Å²) in [7, 11) is 0. The highest BCUT2D eigenvalue weighted by atomic mass is 15.1. The van der Waals surface area contributed by atoms with Gasteiger partial charge >= 0.3 is 0 Å². The second kappa shape index (κ2) is 14.1. The lowest BCUT2D eigenvalue weighted by molar-refractivity contribution is 1.18. The predicted molar refractivity (Wildman–Crippen MR) is 250 cm³/mol. The van der Waals surface area contributed by atoms with Crippen LogP contribution in [0.5, 0.6) is 0 Å². The molecule has 3 nitrogen and oxygen atoms in total. The third-order valence-electron chi connectivity index (χ3n) is 11.8. The molecule has 59 heavy (non-hydrogen) atoms. The van der Waals surface area contributed by atoms with Gasteiger partial charge in [-0.25, -0.2) is 0 Å². The molecule has 0 saturated carbocycles. The third kappa shape index (κ3) is 5.98. The first kappa shape index (κ1) is 34.6. The summed E-state index contributed by atoms with van der Waals surface area (Å²) < 4.78 is 4.78. The topological polar surface area (TPSA) is 13.1 Å². The number of rotatable bonds is 7. The molecule has 0 radical (unpaired) electrons. The molecule has 3 heteroatoms. The van der Waals surface area contributed by atoms with Crippen molar-refractivity contribution >= 4 is 60.7 Å². The molecule has 0 aliphatic rings. The Hall–Kier alpha value is -7.62. The van der Waals surface area contributed by atoms with Gasteiger partial charge in [0.1, 0.15) is 0 Å². The summed E-state index contributed by atoms with van der Waals surface area (Å²) in [6.45, 7) is 4.27. The van der Waals surface area contributed by atoms with Crippen LogP contribution in [0.3, 0.4) is 0 Å². The van der Waals surface area contributed by atoms with E-state index in [1.165, 1.54) is 82.7 Å². The first-order valence-corrected chi connectivity index (χ1v) is 20.3. The maximum absolute atomic E-state index is 2.40. The van der Waals surface area contributed by atoms with E-state index >= 15 is 0 Å². The zero-order valence-electron chi connectivity index (χ0n) is 33.0. The van der Waals surface area contributed by atoms with Crippen LogP contribution < -0.4 is 4.90 Å². The van der Waals surface area contributed by atoms with Crippen LogP contribution in [0.2, 0.25) is 0 Å². The predicted octanol–water partition coefficient (Wildman–Crippen LogP) is 15.3. The van der Waals surface area contributed by atoms with Crippen molar-refractivity contribution in [1.29, 1.82) is 0 Å². The first-order chi connectivity index (χ1) is 29.1. The van der Waals surface area contributed by atoms with E-state index in [0.29, 0.717) is 0 Å². The highest BCUT2D eigenvalue weighted by Gasteiger charge is 2.18. The summed E-state index contributed by atoms with van der Waals surface area (Å²) in [6.07, 6.45) is 0. The minimum absolute atomic E-state index is 1.12. The van der Waals surface area contributed by atoms with Crippen molar-refractivity contribution in [3.63, 3.8) is 0 Å². The fourth-order valence-electron chi connectivity index (χ4n) is 8.88. The van der Waals surface area contributed by atoms with Crippen molar-refractivity contribution in [1.82, 2.24) is 9.13 Å². The summed E-state index contributed by atoms with van der Waals surface area (Å²) in [4.78, 5) is 2.33. The quantitative estimate of drug-likeness (QED) is 0.158. The summed E-state index contributed by atoms with van der Waals surface area (Å²) in [5.74, 6) is 0. The van der Waals surface area contributed by atoms with Crippen LogP contribution >= 0.6 is 0 Å². The molecule has 0 N–H and O–H groups in total. The number of para-hydroxylation sites is 3. The molecule has 0 amide bonds. The van der Waals surface area contributed by atoms with Gasteiger partial charge in [0.15, 0.2) is 0 Å². The van der Waals surface area contributed by atoms with E-state index in [0.717, 1.165) is 22.7 Å². The Morgan fingerprint density at radius 3 is 1.08 bits per heavy atom. The van der Waals surface area contributed by atoms with Crippen LogP contribution in [0.25, 0.3) is 77.2 Å². The summed E-state index contributed by atoms with van der Waals surface area (Å²) in [5.41, 5.74) is 17.8. The monoisotopic (exact) mass is 755 g/mol. The average Bonchev–Trinajstić information content (AvgIpc) is 3.80. The fourth-order valence-corrected chi connectivity index (χ4v) is 8.88. The lowest BCUT2D eigenvalue weighted by atomic mass is 9.99. The zero-order chi connectivity index (χ0) is 39.5. The van der Waals surface area contributed by atoms with Crippen molar-refractivity contribution in [2.75, 3.05) is 4.90 Å². The van der Waals surface area contributed by atoms with E-state index in [-0.39, 0.29) is 0 Å². The van der Waals surface area contributed by atoms with E-state index in [9.17, 15) is 0 Å². The van der Waals surface area contributed by atoms with Gasteiger partial charge in [0.05, 0.1) is 22.1 Å². The minimum Gasteiger partial charge on any atom is -0.311 e. The fraction of sp³-hybridized carbons (Fsp3) is 0.0357. The van der Waals surface area contributed by atoms with Crippen molar-refractivity contribution in [3.8, 4) is 33.6 Å². The van der Waals surface area contributed by atoms with Gasteiger partial charge < -0.3 is 14.0 Å². The summed E-state index contributed by atoms with van der Waals surface area (Å²) in [5, 5.41) is 4.97. The lowest BCUT2D eigenvalue weighted by Gasteiger charge is -2.26. The molecule has 0 bridgehead atoms. The summed E-state index contributed by atoms with van der Waals surface area (Å²) >= 11 is 0. The second-order valence-corrected chi connectivity index (χ2v) is 15.6.